The average molecular weight is 226 g/mol. The molecule has 1 N–H and O–H groups in total. The normalized spacial score (nSPS) is 15.8. The number of aliphatic carboxylic acids is 1. The lowest BCUT2D eigenvalue weighted by molar-refractivity contribution is -0.137. The molecule has 0 aliphatic heterocycles. The Morgan fingerprint density at radius 2 is 2.47 bits per heavy atom. The number of nitrogens with zero attached hydrogens (tertiary/aromatic N) is 2. The zero-order valence-electron chi connectivity index (χ0n) is 8.43. The topological polar surface area (TPSA) is 53.4 Å². The first-order chi connectivity index (χ1) is 7.25. The van der Waals surface area contributed by atoms with Crippen LogP contribution in [0.15, 0.2) is 11.6 Å². The van der Waals surface area contributed by atoms with E-state index in [-0.39, 0.29) is 6.42 Å². The molecule has 1 aliphatic rings. The molecule has 0 spiro atoms. The molecule has 1 heterocycles. The number of carboxylic acid groups (broad SMARTS) is 1. The summed E-state index contributed by atoms with van der Waals surface area (Å²) in [5.41, 5.74) is 0. The van der Waals surface area contributed by atoms with Crippen molar-refractivity contribution < 1.29 is 9.90 Å². The van der Waals surface area contributed by atoms with Crippen LogP contribution in [0.2, 0.25) is 0 Å². The smallest absolute Gasteiger partial charge is 0.304 e. The van der Waals surface area contributed by atoms with E-state index in [0.29, 0.717) is 12.6 Å². The van der Waals surface area contributed by atoms with Crippen LogP contribution in [0.25, 0.3) is 0 Å². The van der Waals surface area contributed by atoms with E-state index in [2.05, 4.69) is 9.88 Å². The Morgan fingerprint density at radius 1 is 1.67 bits per heavy atom. The molecule has 1 saturated carbocycles. The van der Waals surface area contributed by atoms with Gasteiger partial charge in [-0.25, -0.2) is 4.98 Å². The van der Waals surface area contributed by atoms with E-state index >= 15 is 0 Å². The zero-order chi connectivity index (χ0) is 10.7. The van der Waals surface area contributed by atoms with E-state index in [1.165, 1.54) is 12.8 Å². The molecule has 0 radical (unpaired) electrons. The molecule has 2 rings (SSSR count). The molecule has 82 valence electrons. The lowest BCUT2D eigenvalue weighted by atomic mass is 10.3. The summed E-state index contributed by atoms with van der Waals surface area (Å²) >= 11 is 1.63. The Bertz CT molecular complexity index is 322. The van der Waals surface area contributed by atoms with Crippen LogP contribution in [-0.2, 0) is 11.3 Å². The maximum absolute atomic E-state index is 10.5. The van der Waals surface area contributed by atoms with E-state index in [1.807, 2.05) is 5.38 Å². The van der Waals surface area contributed by atoms with Crippen molar-refractivity contribution in [3.63, 3.8) is 0 Å². The Labute approximate surface area is 92.6 Å². The first-order valence-corrected chi connectivity index (χ1v) is 5.98. The van der Waals surface area contributed by atoms with Gasteiger partial charge in [0.15, 0.2) is 0 Å². The molecule has 0 saturated heterocycles. The average Bonchev–Trinajstić information content (AvgIpc) is 2.91. The molecule has 0 unspecified atom stereocenters. The molecular weight excluding hydrogens is 212 g/mol. The molecule has 0 amide bonds. The quantitative estimate of drug-likeness (QED) is 0.800. The van der Waals surface area contributed by atoms with Gasteiger partial charge in [0.2, 0.25) is 0 Å². The fraction of sp³-hybridized carbons (Fsp3) is 0.600. The Hall–Kier alpha value is -0.940. The van der Waals surface area contributed by atoms with Crippen molar-refractivity contribution in [2.24, 2.45) is 0 Å². The Morgan fingerprint density at radius 3 is 3.00 bits per heavy atom. The van der Waals surface area contributed by atoms with Crippen LogP contribution in [0, 0.1) is 0 Å². The Balaban J connectivity index is 1.86. The third-order valence-corrected chi connectivity index (χ3v) is 3.26. The van der Waals surface area contributed by atoms with Gasteiger partial charge in [0, 0.05) is 24.2 Å². The van der Waals surface area contributed by atoms with Crippen molar-refractivity contribution >= 4 is 17.3 Å². The zero-order valence-corrected chi connectivity index (χ0v) is 9.24. The molecule has 0 bridgehead atoms. The molecule has 1 fully saturated rings. The van der Waals surface area contributed by atoms with Gasteiger partial charge < -0.3 is 5.11 Å². The predicted octanol–water partition coefficient (Wildman–Crippen LogP) is 1.58. The maximum Gasteiger partial charge on any atom is 0.304 e. The third kappa shape index (κ3) is 3.28. The summed E-state index contributed by atoms with van der Waals surface area (Å²) in [6.07, 6.45) is 4.42. The fourth-order valence-electron chi connectivity index (χ4n) is 1.57. The molecule has 4 nitrogen and oxygen atoms in total. The molecular formula is C10H14N2O2S. The SMILES string of the molecule is O=C(O)CCN(Cc1nccs1)C1CC1. The summed E-state index contributed by atoms with van der Waals surface area (Å²) in [7, 11) is 0. The van der Waals surface area contributed by atoms with Gasteiger partial charge in [-0.1, -0.05) is 0 Å². The summed E-state index contributed by atoms with van der Waals surface area (Å²) in [4.78, 5) is 17.0. The van der Waals surface area contributed by atoms with Crippen molar-refractivity contribution in [3.05, 3.63) is 16.6 Å². The summed E-state index contributed by atoms with van der Waals surface area (Å²) in [5.74, 6) is -0.722. The monoisotopic (exact) mass is 226 g/mol. The van der Waals surface area contributed by atoms with Gasteiger partial charge in [0.1, 0.15) is 5.01 Å². The number of hydrogen-bond acceptors (Lipinski definition) is 4. The first kappa shape index (κ1) is 10.6. The minimum absolute atomic E-state index is 0.224. The third-order valence-electron chi connectivity index (χ3n) is 2.50. The maximum atomic E-state index is 10.5. The van der Waals surface area contributed by atoms with Crippen LogP contribution in [0.5, 0.6) is 0 Å². The van der Waals surface area contributed by atoms with Crippen LogP contribution in [0.3, 0.4) is 0 Å². The lowest BCUT2D eigenvalue weighted by Gasteiger charge is -2.19. The van der Waals surface area contributed by atoms with Crippen LogP contribution in [-0.4, -0.2) is 33.5 Å². The van der Waals surface area contributed by atoms with Gasteiger partial charge >= 0.3 is 5.97 Å². The highest BCUT2D eigenvalue weighted by Crippen LogP contribution is 2.28. The second kappa shape index (κ2) is 4.72. The van der Waals surface area contributed by atoms with Gasteiger partial charge in [-0.3, -0.25) is 9.69 Å². The largest absolute Gasteiger partial charge is 0.481 e. The van der Waals surface area contributed by atoms with Crippen LogP contribution in [0.4, 0.5) is 0 Å². The lowest BCUT2D eigenvalue weighted by Crippen LogP contribution is -2.28. The highest BCUT2D eigenvalue weighted by molar-refractivity contribution is 7.09. The summed E-state index contributed by atoms with van der Waals surface area (Å²) < 4.78 is 0. The summed E-state index contributed by atoms with van der Waals surface area (Å²) in [6.45, 7) is 1.44. The highest BCUT2D eigenvalue weighted by Gasteiger charge is 2.29. The molecule has 15 heavy (non-hydrogen) atoms. The van der Waals surface area contributed by atoms with Crippen molar-refractivity contribution in [2.75, 3.05) is 6.54 Å². The van der Waals surface area contributed by atoms with Crippen molar-refractivity contribution in [1.29, 1.82) is 0 Å². The van der Waals surface area contributed by atoms with Crippen LogP contribution >= 0.6 is 11.3 Å². The van der Waals surface area contributed by atoms with Crippen LogP contribution in [0.1, 0.15) is 24.3 Å². The molecule has 5 heteroatoms. The number of hydrogen-bond donors (Lipinski definition) is 1. The second-order valence-corrected chi connectivity index (χ2v) is 4.75. The first-order valence-electron chi connectivity index (χ1n) is 5.10. The molecule has 0 aromatic carbocycles. The molecule has 0 atom stereocenters. The predicted molar refractivity (Wildman–Crippen MR) is 57.8 cm³/mol. The number of aromatic nitrogens is 1. The number of rotatable bonds is 6. The van der Waals surface area contributed by atoms with Crippen molar-refractivity contribution in [2.45, 2.75) is 31.8 Å². The van der Waals surface area contributed by atoms with Crippen molar-refractivity contribution in [3.8, 4) is 0 Å². The number of carbonyl (C=O) groups is 1. The minimum atomic E-state index is -0.722. The summed E-state index contributed by atoms with van der Waals surface area (Å²) in [6, 6.07) is 0.591. The molecule has 1 aromatic rings. The van der Waals surface area contributed by atoms with Gasteiger partial charge in [0.05, 0.1) is 13.0 Å². The van der Waals surface area contributed by atoms with E-state index in [9.17, 15) is 4.79 Å². The van der Waals surface area contributed by atoms with E-state index < -0.39 is 5.97 Å². The molecule has 1 aliphatic carbocycles. The standard InChI is InChI=1S/C10H14N2O2S/c13-10(14)3-5-12(8-1-2-8)7-9-11-4-6-15-9/h4,6,8H,1-3,5,7H2,(H,13,14). The Kier molecular flexibility index (Phi) is 3.33. The second-order valence-electron chi connectivity index (χ2n) is 3.77. The highest BCUT2D eigenvalue weighted by atomic mass is 32.1. The fourth-order valence-corrected chi connectivity index (χ4v) is 2.22. The van der Waals surface area contributed by atoms with E-state index in [1.54, 1.807) is 17.5 Å². The van der Waals surface area contributed by atoms with Gasteiger partial charge in [-0.15, -0.1) is 11.3 Å². The number of carboxylic acids is 1. The summed E-state index contributed by atoms with van der Waals surface area (Å²) in [5, 5.41) is 11.7. The van der Waals surface area contributed by atoms with Gasteiger partial charge in [0.25, 0.3) is 0 Å². The van der Waals surface area contributed by atoms with Gasteiger partial charge in [-0.05, 0) is 12.8 Å². The molecule has 1 aromatic heterocycles. The minimum Gasteiger partial charge on any atom is -0.481 e. The number of thiazole rings is 1. The van der Waals surface area contributed by atoms with E-state index in [4.69, 9.17) is 5.11 Å². The van der Waals surface area contributed by atoms with Crippen molar-refractivity contribution in [1.82, 2.24) is 9.88 Å². The van der Waals surface area contributed by atoms with Gasteiger partial charge in [-0.2, -0.15) is 0 Å². The van der Waals surface area contributed by atoms with Crippen LogP contribution < -0.4 is 0 Å². The van der Waals surface area contributed by atoms with E-state index in [0.717, 1.165) is 11.6 Å².